The third-order valence-electron chi connectivity index (χ3n) is 25.6. The first-order valence-corrected chi connectivity index (χ1v) is 47.2. The SMILES string of the molecule is CCCn1ncc(C(=O)N2CC(c3ccccc3)C(F)(F)C2)c1C1CCN(Cc2ccc(S(N)(=O)=O)cc2CCCn2ncc(C(=O)N3CC(c4ccccc4)C(F)(F)C3)c2C2CCN(Cc3ccc(S(C)(=O)=O)cc3CCCCn3ncc(C(=O)N4CCC(c5ccccc5)C4)c3C3CCN(Cc4ccc(S(C)(=O)=O)cc4)CC3)CC2)CC1. The number of alkyl halides is 4. The molecule has 632 valence electrons. The van der Waals surface area contributed by atoms with Crippen molar-refractivity contribution in [3.8, 4) is 0 Å². The van der Waals surface area contributed by atoms with Crippen LogP contribution in [0.15, 0.2) is 185 Å². The molecule has 6 aliphatic heterocycles. The Morgan fingerprint density at radius 1 is 0.412 bits per heavy atom. The second-order valence-electron chi connectivity index (χ2n) is 33.8. The number of aromatic nitrogens is 6. The number of hydrogen-bond acceptors (Lipinski definition) is 15. The number of nitrogens with zero attached hydrogens (tertiary/aromatic N) is 12. The number of primary sulfonamides is 1. The third-order valence-corrected chi connectivity index (χ3v) is 28.7. The van der Waals surface area contributed by atoms with Crippen LogP contribution in [0, 0.1) is 0 Å². The molecule has 2 N–H and O–H groups in total. The number of carbonyl (C=O) groups is 3. The average Bonchev–Trinajstić information content (AvgIpc) is 1.62. The lowest BCUT2D eigenvalue weighted by Gasteiger charge is -2.33. The number of carbonyl (C=O) groups excluding carboxylic acids is 3. The van der Waals surface area contributed by atoms with Gasteiger partial charge in [-0.25, -0.2) is 48.0 Å². The summed E-state index contributed by atoms with van der Waals surface area (Å²) >= 11 is 0. The summed E-state index contributed by atoms with van der Waals surface area (Å²) in [5.74, 6) is -9.71. The van der Waals surface area contributed by atoms with Crippen LogP contribution in [0.4, 0.5) is 17.6 Å². The molecule has 9 heterocycles. The molecule has 0 saturated carbocycles. The predicted molar refractivity (Wildman–Crippen MR) is 447 cm³/mol. The molecule has 6 fully saturated rings. The molecule has 6 aromatic carbocycles. The summed E-state index contributed by atoms with van der Waals surface area (Å²) in [4.78, 5) is 56.1. The lowest BCUT2D eigenvalue weighted by molar-refractivity contribution is -0.00276. The van der Waals surface area contributed by atoms with E-state index in [2.05, 4.69) is 31.9 Å². The van der Waals surface area contributed by atoms with Gasteiger partial charge in [0.15, 0.2) is 19.7 Å². The van der Waals surface area contributed by atoms with Gasteiger partial charge in [-0.3, -0.25) is 43.1 Å². The molecule has 15 rings (SSSR count). The molecule has 0 spiro atoms. The Balaban J connectivity index is 0.625. The highest BCUT2D eigenvalue weighted by Gasteiger charge is 2.53. The van der Waals surface area contributed by atoms with Gasteiger partial charge in [0.2, 0.25) is 10.0 Å². The number of sulfonamides is 1. The van der Waals surface area contributed by atoms with Crippen molar-refractivity contribution in [2.75, 3.05) is 91.0 Å². The highest BCUT2D eigenvalue weighted by atomic mass is 32.2. The molecule has 0 bridgehead atoms. The van der Waals surface area contributed by atoms with Gasteiger partial charge in [-0.2, -0.15) is 15.3 Å². The molecular weight excluding hydrogens is 1580 g/mol. The van der Waals surface area contributed by atoms with Crippen LogP contribution < -0.4 is 5.14 Å². The molecular formula is C90H107F4N13O9S3. The van der Waals surface area contributed by atoms with Crippen molar-refractivity contribution in [1.82, 2.24) is 58.7 Å². The Bertz CT molecular complexity index is 5460. The number of sulfone groups is 2. The predicted octanol–water partition coefficient (Wildman–Crippen LogP) is 13.3. The highest BCUT2D eigenvalue weighted by Crippen LogP contribution is 2.45. The zero-order valence-electron chi connectivity index (χ0n) is 67.9. The molecule has 9 aromatic rings. The van der Waals surface area contributed by atoms with E-state index in [1.54, 1.807) is 103 Å². The van der Waals surface area contributed by atoms with Crippen LogP contribution in [0.3, 0.4) is 0 Å². The molecule has 3 amide bonds. The van der Waals surface area contributed by atoms with Crippen LogP contribution in [-0.2, 0) is 81.8 Å². The van der Waals surface area contributed by atoms with Crippen molar-refractivity contribution in [3.05, 3.63) is 249 Å². The Kier molecular flexibility index (Phi) is 25.5. The fourth-order valence-electron chi connectivity index (χ4n) is 19.2. The fraction of sp³-hybridized carbons (Fsp3) is 0.467. The average molecular weight is 1690 g/mol. The largest absolute Gasteiger partial charge is 0.338 e. The number of benzene rings is 6. The molecule has 3 atom stereocenters. The van der Waals surface area contributed by atoms with Gasteiger partial charge in [-0.15, -0.1) is 0 Å². The molecule has 0 radical (unpaired) electrons. The van der Waals surface area contributed by atoms with E-state index >= 15 is 22.4 Å². The van der Waals surface area contributed by atoms with Crippen molar-refractivity contribution in [2.45, 2.75) is 192 Å². The van der Waals surface area contributed by atoms with Gasteiger partial charge in [0.25, 0.3) is 29.6 Å². The number of piperidine rings is 3. The van der Waals surface area contributed by atoms with E-state index in [-0.39, 0.29) is 62.9 Å². The maximum atomic E-state index is 16.2. The zero-order chi connectivity index (χ0) is 83.5. The maximum absolute atomic E-state index is 16.2. The minimum absolute atomic E-state index is 0.0184. The number of likely N-dealkylation sites (tertiary alicyclic amines) is 6. The summed E-state index contributed by atoms with van der Waals surface area (Å²) in [6.45, 7) is 8.45. The van der Waals surface area contributed by atoms with Crippen molar-refractivity contribution in [3.63, 3.8) is 0 Å². The summed E-state index contributed by atoms with van der Waals surface area (Å²) < 4.78 is 146. The summed E-state index contributed by atoms with van der Waals surface area (Å²) in [5, 5.41) is 20.3. The van der Waals surface area contributed by atoms with Crippen LogP contribution in [-0.4, -0.2) is 205 Å². The van der Waals surface area contributed by atoms with Gasteiger partial charge in [0.05, 0.1) is 92.0 Å². The second-order valence-corrected chi connectivity index (χ2v) is 39.4. The molecule has 6 aliphatic rings. The van der Waals surface area contributed by atoms with E-state index < -0.39 is 78.3 Å². The fourth-order valence-corrected chi connectivity index (χ4v) is 21.0. The first-order valence-electron chi connectivity index (χ1n) is 41.9. The second kappa shape index (κ2) is 35.8. The zero-order valence-corrected chi connectivity index (χ0v) is 70.4. The van der Waals surface area contributed by atoms with Crippen LogP contribution in [0.25, 0.3) is 0 Å². The van der Waals surface area contributed by atoms with Crippen LogP contribution in [0.2, 0.25) is 0 Å². The molecule has 29 heteroatoms. The number of aryl methyl sites for hydroxylation is 5. The Hall–Kier alpha value is -9.23. The number of halogens is 4. The first kappa shape index (κ1) is 84.8. The number of amides is 3. The summed E-state index contributed by atoms with van der Waals surface area (Å²) in [7, 11) is -11.1. The van der Waals surface area contributed by atoms with Gasteiger partial charge in [-0.05, 0) is 204 Å². The highest BCUT2D eigenvalue weighted by molar-refractivity contribution is 7.91. The van der Waals surface area contributed by atoms with Gasteiger partial charge >= 0.3 is 0 Å². The summed E-state index contributed by atoms with van der Waals surface area (Å²) in [6, 6.07) is 44.7. The van der Waals surface area contributed by atoms with Gasteiger partial charge in [-0.1, -0.05) is 122 Å². The number of hydrogen-bond donors (Lipinski definition) is 1. The van der Waals surface area contributed by atoms with E-state index in [1.165, 1.54) is 46.3 Å². The first-order chi connectivity index (χ1) is 57.0. The molecule has 3 unspecified atom stereocenters. The van der Waals surface area contributed by atoms with E-state index in [0.717, 1.165) is 78.0 Å². The summed E-state index contributed by atoms with van der Waals surface area (Å²) in [6.07, 6.45) is 15.6. The molecule has 119 heavy (non-hydrogen) atoms. The monoisotopic (exact) mass is 1690 g/mol. The normalized spacial score (nSPS) is 20.1. The Morgan fingerprint density at radius 3 is 1.23 bits per heavy atom. The summed E-state index contributed by atoms with van der Waals surface area (Å²) in [5.41, 5.74) is 10.2. The minimum Gasteiger partial charge on any atom is -0.338 e. The van der Waals surface area contributed by atoms with E-state index in [9.17, 15) is 34.8 Å². The van der Waals surface area contributed by atoms with E-state index in [1.807, 2.05) is 62.3 Å². The maximum Gasteiger partial charge on any atom is 0.273 e. The quantitative estimate of drug-likeness (QED) is 0.0338. The van der Waals surface area contributed by atoms with Gasteiger partial charge in [0.1, 0.15) is 0 Å². The van der Waals surface area contributed by atoms with Gasteiger partial charge < -0.3 is 14.7 Å². The van der Waals surface area contributed by atoms with E-state index in [4.69, 9.17) is 15.3 Å². The number of nitrogens with two attached hydrogens (primary N) is 1. The topological polar surface area (TPSA) is 253 Å². The van der Waals surface area contributed by atoms with Crippen molar-refractivity contribution >= 4 is 47.4 Å². The van der Waals surface area contributed by atoms with Crippen LogP contribution >= 0.6 is 0 Å². The van der Waals surface area contributed by atoms with Crippen molar-refractivity contribution < 1.29 is 57.2 Å². The van der Waals surface area contributed by atoms with Crippen molar-refractivity contribution in [2.24, 2.45) is 5.14 Å². The van der Waals surface area contributed by atoms with Crippen molar-refractivity contribution in [1.29, 1.82) is 0 Å². The Morgan fingerprint density at radius 2 is 0.790 bits per heavy atom. The molecule has 0 aliphatic carbocycles. The van der Waals surface area contributed by atoms with Crippen LogP contribution in [0.1, 0.15) is 206 Å². The lowest BCUT2D eigenvalue weighted by Crippen LogP contribution is -2.35. The molecule has 22 nitrogen and oxygen atoms in total. The lowest BCUT2D eigenvalue weighted by atomic mass is 9.90. The number of rotatable bonds is 29. The van der Waals surface area contributed by atoms with Gasteiger partial charge in [0, 0.05) is 102 Å². The van der Waals surface area contributed by atoms with Crippen LogP contribution in [0.5, 0.6) is 0 Å². The minimum atomic E-state index is -4.14. The molecule has 6 saturated heterocycles. The number of unbranched alkanes of at least 4 members (excludes halogenated alkanes) is 1. The standard InChI is InChI=1S/C90H107F4N13O9S3/c1-4-40-105-83(79(53-96-105)87(109)103-59-81(89(91,92)61-103)65-19-10-6-11-20-65)67-35-45-101(46-36-67)57-73-28-32-77(119(95,115)116)51-71(73)24-16-42-107-85(80(54-98-107)88(110)104-60-82(90(93,94)62-104)66-21-12-7-13-22-66)69-37-47-100(48-38-69)56-72-27-31-76(118(3,113)114)50-70(72)23-14-15-41-106-84(68-33-43-99(44-34-68)55-63-25-29-75(30-26-63)117(2,111)112)78(52-97-106)86(108)102-49-39-74(58-102)64-17-8-5-9-18-64/h5-13,17-22,25-32,50-54,67-69,74,81-82H,4,14-16,23-24,33-49,55-62H2,1-3H3,(H2,95,115,116). The van der Waals surface area contributed by atoms with E-state index in [0.29, 0.717) is 164 Å². The smallest absolute Gasteiger partial charge is 0.273 e. The Labute approximate surface area is 695 Å². The molecule has 3 aromatic heterocycles. The third kappa shape index (κ3) is 19.4.